The maximum Gasteiger partial charge on any atom is 0.238 e. The van der Waals surface area contributed by atoms with Crippen LogP contribution in [0, 0.1) is 0 Å². The number of hydrogen-bond acceptors (Lipinski definition) is 3. The van der Waals surface area contributed by atoms with Crippen molar-refractivity contribution in [2.75, 3.05) is 14.1 Å². The number of aliphatic hydroxyl groups is 1. The van der Waals surface area contributed by atoms with Crippen LogP contribution in [0.5, 0.6) is 0 Å². The molecule has 0 heterocycles. The number of likely N-dealkylation sites (N-methyl/N-ethyl adjacent to an activating group) is 1. The average Bonchev–Trinajstić information content (AvgIpc) is 2.20. The molecule has 1 amide bonds. The fourth-order valence-electron chi connectivity index (χ4n) is 2.09. The Labute approximate surface area is 91.6 Å². The zero-order valence-electron chi connectivity index (χ0n) is 9.86. The molecular formula is C11H22N2O2. The third kappa shape index (κ3) is 3.47. The monoisotopic (exact) mass is 214 g/mol. The van der Waals surface area contributed by atoms with Crippen LogP contribution in [0.1, 0.15) is 32.6 Å². The molecule has 1 fully saturated rings. The summed E-state index contributed by atoms with van der Waals surface area (Å²) in [6, 6.07) is -0.129. The van der Waals surface area contributed by atoms with Gasteiger partial charge in [0.1, 0.15) is 0 Å². The van der Waals surface area contributed by atoms with Crippen molar-refractivity contribution in [2.24, 2.45) is 0 Å². The van der Waals surface area contributed by atoms with Crippen LogP contribution in [-0.2, 0) is 4.79 Å². The predicted molar refractivity (Wildman–Crippen MR) is 59.6 cm³/mol. The first-order valence-corrected chi connectivity index (χ1v) is 5.67. The molecule has 0 aromatic heterocycles. The zero-order valence-corrected chi connectivity index (χ0v) is 9.86. The van der Waals surface area contributed by atoms with Gasteiger partial charge in [0, 0.05) is 20.1 Å². The van der Waals surface area contributed by atoms with Gasteiger partial charge in [0.25, 0.3) is 0 Å². The summed E-state index contributed by atoms with van der Waals surface area (Å²) in [4.78, 5) is 13.2. The maximum atomic E-state index is 11.6. The Morgan fingerprint density at radius 3 is 2.53 bits per heavy atom. The summed E-state index contributed by atoms with van der Waals surface area (Å²) in [5.41, 5.74) is 0. The van der Waals surface area contributed by atoms with Gasteiger partial charge in [-0.2, -0.15) is 0 Å². The number of aliphatic hydroxyl groups excluding tert-OH is 1. The number of rotatable bonds is 3. The van der Waals surface area contributed by atoms with Crippen molar-refractivity contribution in [1.82, 2.24) is 10.2 Å². The van der Waals surface area contributed by atoms with Crippen molar-refractivity contribution in [2.45, 2.75) is 50.8 Å². The normalized spacial score (nSPS) is 28.5. The molecule has 1 aliphatic rings. The van der Waals surface area contributed by atoms with Gasteiger partial charge < -0.3 is 15.3 Å². The van der Waals surface area contributed by atoms with E-state index >= 15 is 0 Å². The fraction of sp³-hybridized carbons (Fsp3) is 0.909. The first kappa shape index (κ1) is 12.5. The lowest BCUT2D eigenvalue weighted by atomic mass is 9.92. The van der Waals surface area contributed by atoms with Gasteiger partial charge >= 0.3 is 0 Å². The van der Waals surface area contributed by atoms with E-state index in [1.807, 2.05) is 6.92 Å². The lowest BCUT2D eigenvalue weighted by Gasteiger charge is -2.31. The van der Waals surface area contributed by atoms with Crippen molar-refractivity contribution in [3.05, 3.63) is 0 Å². The Bertz CT molecular complexity index is 219. The lowest BCUT2D eigenvalue weighted by Crippen LogP contribution is -2.51. The predicted octanol–water partition coefficient (Wildman–Crippen LogP) is 0.356. The van der Waals surface area contributed by atoms with Crippen molar-refractivity contribution in [1.29, 1.82) is 0 Å². The molecule has 15 heavy (non-hydrogen) atoms. The fourth-order valence-corrected chi connectivity index (χ4v) is 2.09. The summed E-state index contributed by atoms with van der Waals surface area (Å²) >= 11 is 0. The summed E-state index contributed by atoms with van der Waals surface area (Å²) in [5, 5.41) is 13.0. The van der Waals surface area contributed by atoms with E-state index in [-0.39, 0.29) is 24.1 Å². The van der Waals surface area contributed by atoms with Crippen LogP contribution in [-0.4, -0.2) is 48.2 Å². The van der Waals surface area contributed by atoms with Crippen LogP contribution in [0.3, 0.4) is 0 Å². The first-order valence-electron chi connectivity index (χ1n) is 5.67. The summed E-state index contributed by atoms with van der Waals surface area (Å²) in [5.74, 6) is 0.0628. The lowest BCUT2D eigenvalue weighted by molar-refractivity contribution is -0.131. The molecule has 0 radical (unpaired) electrons. The van der Waals surface area contributed by atoms with E-state index in [9.17, 15) is 9.90 Å². The molecule has 88 valence electrons. The molecule has 0 saturated heterocycles. The molecule has 0 spiro atoms. The molecule has 0 aromatic carbocycles. The Morgan fingerprint density at radius 2 is 2.00 bits per heavy atom. The van der Waals surface area contributed by atoms with Gasteiger partial charge in [0.2, 0.25) is 5.91 Å². The summed E-state index contributed by atoms with van der Waals surface area (Å²) < 4.78 is 0. The van der Waals surface area contributed by atoms with Gasteiger partial charge in [-0.05, 0) is 19.8 Å². The topological polar surface area (TPSA) is 52.6 Å². The molecular weight excluding hydrogens is 192 g/mol. The largest absolute Gasteiger partial charge is 0.392 e. The second-order valence-corrected chi connectivity index (χ2v) is 4.58. The minimum atomic E-state index is -0.295. The number of amides is 1. The second kappa shape index (κ2) is 5.47. The minimum absolute atomic E-state index is 0.0628. The van der Waals surface area contributed by atoms with Gasteiger partial charge in [-0.25, -0.2) is 0 Å². The van der Waals surface area contributed by atoms with Gasteiger partial charge in [-0.15, -0.1) is 0 Å². The van der Waals surface area contributed by atoms with E-state index in [0.29, 0.717) is 0 Å². The van der Waals surface area contributed by atoms with Crippen LogP contribution in [0.15, 0.2) is 0 Å². The molecule has 1 saturated carbocycles. The van der Waals surface area contributed by atoms with Crippen molar-refractivity contribution in [3.63, 3.8) is 0 Å². The molecule has 2 N–H and O–H groups in total. The standard InChI is InChI=1S/C11H22N2O2/c1-8(11(15)13(2)3)12-9-6-4-5-7-10(9)14/h8-10,12,14H,4-7H2,1-3H3/t8?,9-,10-/m0/s1. The van der Waals surface area contributed by atoms with Gasteiger partial charge in [0.15, 0.2) is 0 Å². The van der Waals surface area contributed by atoms with Crippen LogP contribution in [0.2, 0.25) is 0 Å². The van der Waals surface area contributed by atoms with Gasteiger partial charge in [-0.1, -0.05) is 12.8 Å². The molecule has 1 aliphatic carbocycles. The molecule has 3 atom stereocenters. The van der Waals surface area contributed by atoms with Crippen molar-refractivity contribution in [3.8, 4) is 0 Å². The molecule has 0 bridgehead atoms. The van der Waals surface area contributed by atoms with E-state index < -0.39 is 0 Å². The van der Waals surface area contributed by atoms with E-state index in [1.54, 1.807) is 19.0 Å². The zero-order chi connectivity index (χ0) is 11.4. The highest BCUT2D eigenvalue weighted by Gasteiger charge is 2.26. The smallest absolute Gasteiger partial charge is 0.238 e. The summed E-state index contributed by atoms with van der Waals surface area (Å²) in [6.45, 7) is 1.85. The Kier molecular flexibility index (Phi) is 4.54. The average molecular weight is 214 g/mol. The number of hydrogen-bond donors (Lipinski definition) is 2. The first-order chi connectivity index (χ1) is 7.02. The SMILES string of the molecule is CC(N[C@H]1CCCC[C@@H]1O)C(=O)N(C)C. The number of carbonyl (C=O) groups is 1. The third-order valence-corrected chi connectivity index (χ3v) is 3.00. The Balaban J connectivity index is 2.42. The minimum Gasteiger partial charge on any atom is -0.392 e. The summed E-state index contributed by atoms with van der Waals surface area (Å²) in [7, 11) is 3.50. The van der Waals surface area contributed by atoms with Crippen molar-refractivity contribution >= 4 is 5.91 Å². The van der Waals surface area contributed by atoms with E-state index in [1.165, 1.54) is 0 Å². The Hall–Kier alpha value is -0.610. The molecule has 1 rings (SSSR count). The highest BCUT2D eigenvalue weighted by atomic mass is 16.3. The number of nitrogens with one attached hydrogen (secondary N) is 1. The van der Waals surface area contributed by atoms with Crippen LogP contribution in [0.4, 0.5) is 0 Å². The molecule has 1 unspecified atom stereocenters. The molecule has 0 aliphatic heterocycles. The summed E-state index contributed by atoms with van der Waals surface area (Å²) in [6.07, 6.45) is 3.75. The highest BCUT2D eigenvalue weighted by Crippen LogP contribution is 2.18. The van der Waals surface area contributed by atoms with Crippen LogP contribution < -0.4 is 5.32 Å². The highest BCUT2D eigenvalue weighted by molar-refractivity contribution is 5.80. The Morgan fingerprint density at radius 1 is 1.40 bits per heavy atom. The molecule has 0 aromatic rings. The molecule has 4 heteroatoms. The molecule has 4 nitrogen and oxygen atoms in total. The van der Waals surface area contributed by atoms with E-state index in [2.05, 4.69) is 5.32 Å². The van der Waals surface area contributed by atoms with Gasteiger partial charge in [-0.3, -0.25) is 4.79 Å². The van der Waals surface area contributed by atoms with Crippen LogP contribution >= 0.6 is 0 Å². The van der Waals surface area contributed by atoms with E-state index in [0.717, 1.165) is 25.7 Å². The number of nitrogens with zero attached hydrogens (tertiary/aromatic N) is 1. The number of carbonyl (C=O) groups excluding carboxylic acids is 1. The maximum absolute atomic E-state index is 11.6. The van der Waals surface area contributed by atoms with Crippen LogP contribution in [0.25, 0.3) is 0 Å². The van der Waals surface area contributed by atoms with Crippen molar-refractivity contribution < 1.29 is 9.90 Å². The van der Waals surface area contributed by atoms with E-state index in [4.69, 9.17) is 0 Å². The quantitative estimate of drug-likeness (QED) is 0.713. The third-order valence-electron chi connectivity index (χ3n) is 3.00. The van der Waals surface area contributed by atoms with Gasteiger partial charge in [0.05, 0.1) is 12.1 Å². The second-order valence-electron chi connectivity index (χ2n) is 4.58.